The molecule has 4 aromatic carbocycles. The molecule has 0 aromatic heterocycles. The Balaban J connectivity index is 1.23. The van der Waals surface area contributed by atoms with E-state index in [-0.39, 0.29) is 37.9 Å². The predicted octanol–water partition coefficient (Wildman–Crippen LogP) is 9.03. The van der Waals surface area contributed by atoms with E-state index in [9.17, 15) is 19.2 Å². The molecule has 324 valence electrons. The van der Waals surface area contributed by atoms with Gasteiger partial charge in [0.15, 0.2) is 0 Å². The molecular formula is C47H63N5O7S. The molecule has 60 heavy (non-hydrogen) atoms. The highest BCUT2D eigenvalue weighted by molar-refractivity contribution is 8.28. The number of rotatable bonds is 23. The lowest BCUT2D eigenvalue weighted by atomic mass is 10.1. The molecule has 5 N–H and O–H groups in total. The molecule has 0 saturated heterocycles. The van der Waals surface area contributed by atoms with Gasteiger partial charge >= 0.3 is 18.0 Å². The van der Waals surface area contributed by atoms with E-state index in [1.807, 2.05) is 110 Å². The standard InChI is InChI=1S/C47H63N5O7S/c1-34(2)29-52(30-35(3)4)43-25-21-38(28-42(43)51-47(56)50-41-23-19-36(5)20-24-41)22-26-45(54)58-33-57-44(53)18-13-27-49-46(55)37(6)60(48,32-40-16-11-8-12-17-40)59-31-39-14-9-7-10-15-39/h7-12,14-17,19-21,23-25,28,34-35,37H,13,18,22,26-27,29-33,48H2,1-6H3,(H,49,55)(H2,50,51,56). The molecule has 13 heteroatoms. The highest BCUT2D eigenvalue weighted by atomic mass is 32.3. The van der Waals surface area contributed by atoms with Gasteiger partial charge in [0.05, 0.1) is 23.2 Å². The minimum atomic E-state index is -2.37. The van der Waals surface area contributed by atoms with Gasteiger partial charge in [-0.3, -0.25) is 19.5 Å². The third-order valence-electron chi connectivity index (χ3n) is 9.54. The Kier molecular flexibility index (Phi) is 18.9. The molecule has 2 atom stereocenters. The summed E-state index contributed by atoms with van der Waals surface area (Å²) in [7, 11) is -2.37. The van der Waals surface area contributed by atoms with Crippen LogP contribution in [0.25, 0.3) is 0 Å². The molecule has 12 nitrogen and oxygen atoms in total. The van der Waals surface area contributed by atoms with Crippen LogP contribution in [-0.2, 0) is 46.8 Å². The Labute approximate surface area is 357 Å². The van der Waals surface area contributed by atoms with Gasteiger partial charge in [-0.05, 0) is 79.5 Å². The van der Waals surface area contributed by atoms with Crippen LogP contribution in [0.5, 0.6) is 0 Å². The van der Waals surface area contributed by atoms with Gasteiger partial charge in [-0.2, -0.15) is 0 Å². The molecule has 0 aliphatic rings. The highest BCUT2D eigenvalue weighted by Gasteiger charge is 2.33. The molecule has 3 amide bonds. The number of anilines is 3. The molecule has 2 unspecified atom stereocenters. The van der Waals surface area contributed by atoms with E-state index in [1.165, 1.54) is 0 Å². The second kappa shape index (κ2) is 24.0. The number of nitrogens with zero attached hydrogens (tertiary/aromatic N) is 1. The van der Waals surface area contributed by atoms with Gasteiger partial charge in [0.2, 0.25) is 12.7 Å². The van der Waals surface area contributed by atoms with Crippen molar-refractivity contribution in [1.29, 1.82) is 0 Å². The van der Waals surface area contributed by atoms with Gasteiger partial charge < -0.3 is 34.5 Å². The van der Waals surface area contributed by atoms with Gasteiger partial charge in [0.1, 0.15) is 0 Å². The van der Waals surface area contributed by atoms with Crippen molar-refractivity contribution >= 4 is 51.4 Å². The monoisotopic (exact) mass is 841 g/mol. The number of nitrogens with two attached hydrogens (primary N) is 1. The van der Waals surface area contributed by atoms with Crippen molar-refractivity contribution in [2.45, 2.75) is 84.8 Å². The van der Waals surface area contributed by atoms with Crippen molar-refractivity contribution in [2.24, 2.45) is 17.0 Å². The summed E-state index contributed by atoms with van der Waals surface area (Å²) >= 11 is 0. The number of nitrogens with one attached hydrogen (secondary N) is 3. The molecule has 0 aliphatic carbocycles. The average Bonchev–Trinajstić information content (AvgIpc) is 3.21. The molecule has 0 bridgehead atoms. The van der Waals surface area contributed by atoms with Crippen LogP contribution in [0.1, 0.15) is 76.1 Å². The lowest BCUT2D eigenvalue weighted by molar-refractivity contribution is -0.167. The minimum Gasteiger partial charge on any atom is -0.428 e. The van der Waals surface area contributed by atoms with Crippen LogP contribution in [0, 0.1) is 18.8 Å². The SMILES string of the molecule is Cc1ccc(NC(=O)Nc2cc(CCC(=O)OCOC(=O)CCCNC(=O)C(C)S(N)(Cc3ccccc3)OCc3ccccc3)ccc2N(CC(C)C)CC(C)C)cc1. The smallest absolute Gasteiger partial charge is 0.323 e. The molecule has 4 rings (SSSR count). The Morgan fingerprint density at radius 2 is 1.32 bits per heavy atom. The third kappa shape index (κ3) is 16.4. The van der Waals surface area contributed by atoms with Crippen molar-refractivity contribution < 1.29 is 32.8 Å². The summed E-state index contributed by atoms with van der Waals surface area (Å²) in [5.41, 5.74) is 6.08. The van der Waals surface area contributed by atoms with E-state index in [2.05, 4.69) is 48.5 Å². The van der Waals surface area contributed by atoms with E-state index < -0.39 is 34.5 Å². The maximum absolute atomic E-state index is 13.3. The Morgan fingerprint density at radius 3 is 1.93 bits per heavy atom. The minimum absolute atomic E-state index is 0.0195. The van der Waals surface area contributed by atoms with E-state index in [4.69, 9.17) is 18.8 Å². The number of aryl methyl sites for hydroxylation is 2. The van der Waals surface area contributed by atoms with E-state index in [0.29, 0.717) is 41.8 Å². The van der Waals surface area contributed by atoms with Gasteiger partial charge in [0, 0.05) is 43.9 Å². The molecule has 0 fully saturated rings. The van der Waals surface area contributed by atoms with Crippen LogP contribution in [0.2, 0.25) is 0 Å². The molecule has 0 spiro atoms. The van der Waals surface area contributed by atoms with Gasteiger partial charge in [0.25, 0.3) is 0 Å². The van der Waals surface area contributed by atoms with Crippen molar-refractivity contribution in [1.82, 2.24) is 5.32 Å². The fraction of sp³-hybridized carbons (Fsp3) is 0.404. The fourth-order valence-corrected chi connectivity index (χ4v) is 8.42. The quantitative estimate of drug-likeness (QED) is 0.0325. The van der Waals surface area contributed by atoms with Gasteiger partial charge in [-0.25, -0.2) is 4.79 Å². The first kappa shape index (κ1) is 47.3. The first-order valence-electron chi connectivity index (χ1n) is 20.6. The summed E-state index contributed by atoms with van der Waals surface area (Å²) in [5.74, 6) is -0.142. The van der Waals surface area contributed by atoms with Crippen LogP contribution in [0.15, 0.2) is 103 Å². The zero-order chi connectivity index (χ0) is 43.5. The number of ether oxygens (including phenoxy) is 2. The van der Waals surface area contributed by atoms with E-state index >= 15 is 0 Å². The lowest BCUT2D eigenvalue weighted by Gasteiger charge is -2.40. The molecule has 0 saturated carbocycles. The number of hydrogen-bond acceptors (Lipinski definition) is 9. The van der Waals surface area contributed by atoms with Crippen LogP contribution in [-0.4, -0.2) is 55.6 Å². The molecule has 0 aliphatic heterocycles. The summed E-state index contributed by atoms with van der Waals surface area (Å²) in [4.78, 5) is 53.8. The summed E-state index contributed by atoms with van der Waals surface area (Å²) in [6.45, 7) is 14.0. The van der Waals surface area contributed by atoms with E-state index in [0.717, 1.165) is 41.0 Å². The Bertz CT molecular complexity index is 1950. The van der Waals surface area contributed by atoms with Crippen molar-refractivity contribution in [3.8, 4) is 0 Å². The number of carbonyl (C=O) groups is 4. The largest absolute Gasteiger partial charge is 0.428 e. The normalized spacial score (nSPS) is 13.2. The number of amides is 3. The van der Waals surface area contributed by atoms with Crippen LogP contribution < -0.4 is 26.0 Å². The first-order valence-corrected chi connectivity index (χ1v) is 22.5. The number of carbonyl (C=O) groups excluding carboxylic acids is 4. The first-order chi connectivity index (χ1) is 28.7. The molecule has 0 radical (unpaired) electrons. The van der Waals surface area contributed by atoms with E-state index in [1.54, 1.807) is 6.92 Å². The number of hydrogen-bond donors (Lipinski definition) is 4. The van der Waals surface area contributed by atoms with Crippen LogP contribution in [0.3, 0.4) is 0 Å². The maximum atomic E-state index is 13.3. The van der Waals surface area contributed by atoms with Crippen molar-refractivity contribution in [2.75, 3.05) is 42.0 Å². The molecular weight excluding hydrogens is 779 g/mol. The fourth-order valence-electron chi connectivity index (χ4n) is 6.37. The number of esters is 2. The summed E-state index contributed by atoms with van der Waals surface area (Å²) in [5, 5.41) is 15.1. The predicted molar refractivity (Wildman–Crippen MR) is 242 cm³/mol. The zero-order valence-electron chi connectivity index (χ0n) is 35.9. The summed E-state index contributed by atoms with van der Waals surface area (Å²) in [6, 6.07) is 32.4. The van der Waals surface area contributed by atoms with Crippen molar-refractivity contribution in [3.05, 3.63) is 125 Å². The summed E-state index contributed by atoms with van der Waals surface area (Å²) in [6.07, 6.45) is 0.735. The zero-order valence-corrected chi connectivity index (χ0v) is 36.7. The lowest BCUT2D eigenvalue weighted by Crippen LogP contribution is -2.40. The van der Waals surface area contributed by atoms with Crippen molar-refractivity contribution in [3.63, 3.8) is 0 Å². The van der Waals surface area contributed by atoms with Crippen LogP contribution >= 0.6 is 10.5 Å². The van der Waals surface area contributed by atoms with Crippen LogP contribution in [0.4, 0.5) is 21.9 Å². The second-order valence-electron chi connectivity index (χ2n) is 15.8. The maximum Gasteiger partial charge on any atom is 0.323 e. The van der Waals surface area contributed by atoms with Gasteiger partial charge in [-0.15, -0.1) is 0 Å². The topological polar surface area (TPSA) is 161 Å². The summed E-state index contributed by atoms with van der Waals surface area (Å²) < 4.78 is 16.6. The third-order valence-corrected chi connectivity index (χ3v) is 12.3. The average molecular weight is 842 g/mol. The Morgan fingerprint density at radius 1 is 0.717 bits per heavy atom. The number of benzene rings is 4. The molecule has 4 aromatic rings. The Hall–Kier alpha value is -5.37. The molecule has 0 heterocycles. The van der Waals surface area contributed by atoms with Gasteiger partial charge in [-0.1, -0.05) is 123 Å². The second-order valence-corrected chi connectivity index (χ2v) is 18.6. The number of urea groups is 1. The highest BCUT2D eigenvalue weighted by Crippen LogP contribution is 2.50.